The number of hydrogen-bond acceptors (Lipinski definition) is 10. The van der Waals surface area contributed by atoms with Crippen LogP contribution in [0.5, 0.6) is 5.88 Å². The van der Waals surface area contributed by atoms with Gasteiger partial charge < -0.3 is 19.3 Å². The van der Waals surface area contributed by atoms with Gasteiger partial charge in [-0.05, 0) is 81.7 Å². The Bertz CT molecular complexity index is 2040. The number of anilines is 2. The molecule has 276 valence electrons. The summed E-state index contributed by atoms with van der Waals surface area (Å²) >= 11 is 0. The molecule has 4 aromatic rings. The average Bonchev–Trinajstić information content (AvgIpc) is 3.37. The lowest BCUT2D eigenvalue weighted by molar-refractivity contribution is 0.0509. The predicted molar refractivity (Wildman–Crippen MR) is 201 cm³/mol. The van der Waals surface area contributed by atoms with Crippen LogP contribution in [0.3, 0.4) is 0 Å². The Morgan fingerprint density at radius 1 is 1.00 bits per heavy atom. The minimum absolute atomic E-state index is 0.0836. The van der Waals surface area contributed by atoms with E-state index in [0.29, 0.717) is 24.4 Å². The minimum atomic E-state index is -4.20. The van der Waals surface area contributed by atoms with Gasteiger partial charge in [0.15, 0.2) is 0 Å². The van der Waals surface area contributed by atoms with Gasteiger partial charge in [0.25, 0.3) is 15.9 Å². The van der Waals surface area contributed by atoms with E-state index in [1.807, 2.05) is 32.0 Å². The van der Waals surface area contributed by atoms with Crippen molar-refractivity contribution in [1.82, 2.24) is 24.8 Å². The van der Waals surface area contributed by atoms with Crippen molar-refractivity contribution in [3.8, 4) is 17.1 Å². The zero-order chi connectivity index (χ0) is 37.4. The number of ether oxygens (including phenoxy) is 2. The van der Waals surface area contributed by atoms with Gasteiger partial charge in [-0.3, -0.25) is 9.78 Å². The maximum atomic E-state index is 14.7. The van der Waals surface area contributed by atoms with Crippen LogP contribution in [0.25, 0.3) is 11.3 Å². The number of amides is 1. The lowest BCUT2D eigenvalue weighted by Crippen LogP contribution is -2.46. The summed E-state index contributed by atoms with van der Waals surface area (Å²) < 4.78 is 42.1. The summed E-state index contributed by atoms with van der Waals surface area (Å²) in [5.41, 5.74) is 3.76. The van der Waals surface area contributed by atoms with Crippen LogP contribution in [0.2, 0.25) is 0 Å². The summed E-state index contributed by atoms with van der Waals surface area (Å²) in [4.78, 5) is 37.4. The molecule has 1 amide bonds. The number of fused-ring (bicyclic) bond motifs is 4. The molecule has 1 saturated heterocycles. The summed E-state index contributed by atoms with van der Waals surface area (Å²) in [7, 11) is -2.49. The van der Waals surface area contributed by atoms with E-state index >= 15 is 0 Å². The van der Waals surface area contributed by atoms with Crippen molar-refractivity contribution in [1.29, 1.82) is 0 Å². The lowest BCUT2D eigenvalue weighted by atomic mass is 9.87. The van der Waals surface area contributed by atoms with Crippen LogP contribution in [0.1, 0.15) is 81.1 Å². The molecular weight excluding hydrogens is 679 g/mol. The van der Waals surface area contributed by atoms with Crippen molar-refractivity contribution in [2.24, 2.45) is 5.41 Å². The molecule has 2 aliphatic rings. The van der Waals surface area contributed by atoms with Crippen molar-refractivity contribution in [2.75, 3.05) is 29.9 Å². The van der Waals surface area contributed by atoms with Gasteiger partial charge in [0.05, 0.1) is 53.9 Å². The summed E-state index contributed by atoms with van der Waals surface area (Å²) in [5, 5.41) is 0. The maximum absolute atomic E-state index is 14.7. The van der Waals surface area contributed by atoms with Gasteiger partial charge in [-0.1, -0.05) is 45.0 Å². The Hall–Kier alpha value is -4.62. The first-order valence-corrected chi connectivity index (χ1v) is 19.1. The summed E-state index contributed by atoms with van der Waals surface area (Å²) in [6, 6.07) is 13.4. The summed E-state index contributed by atoms with van der Waals surface area (Å²) in [6.45, 7) is 15.4. The minimum Gasteiger partial charge on any atom is -0.475 e. The molecule has 6 rings (SSSR count). The SMILES string of the molecule is COC[C@@H]1CCC(C)(C)N1c1cncc(CN2C(=O)c3cccc(c3)S(=O)(=O)Nc3nc(cc(-c4c(C)cccc4C)n3)OC[C@H]2CC(C)(C)C)n1. The molecular formula is C39H49N7O5S. The van der Waals surface area contributed by atoms with Crippen molar-refractivity contribution in [3.63, 3.8) is 0 Å². The summed E-state index contributed by atoms with van der Waals surface area (Å²) in [6.07, 6.45) is 5.95. The second-order valence-electron chi connectivity index (χ2n) is 15.7. The first kappa shape index (κ1) is 37.1. The van der Waals surface area contributed by atoms with Gasteiger partial charge in [-0.25, -0.2) is 23.1 Å². The zero-order valence-corrected chi connectivity index (χ0v) is 32.1. The van der Waals surface area contributed by atoms with Crippen LogP contribution in [0.4, 0.5) is 11.8 Å². The average molecular weight is 728 g/mol. The molecule has 2 aromatic heterocycles. The summed E-state index contributed by atoms with van der Waals surface area (Å²) in [5.74, 6) is 0.425. The van der Waals surface area contributed by atoms with E-state index in [1.54, 1.807) is 42.6 Å². The second-order valence-corrected chi connectivity index (χ2v) is 17.4. The highest BCUT2D eigenvalue weighted by atomic mass is 32.2. The molecule has 2 aliphatic heterocycles. The first-order valence-electron chi connectivity index (χ1n) is 17.7. The first-order chi connectivity index (χ1) is 24.5. The highest BCUT2D eigenvalue weighted by Gasteiger charge is 2.40. The molecule has 52 heavy (non-hydrogen) atoms. The fourth-order valence-corrected chi connectivity index (χ4v) is 8.41. The van der Waals surface area contributed by atoms with Crippen LogP contribution in [0.15, 0.2) is 65.8 Å². The Morgan fingerprint density at radius 2 is 1.73 bits per heavy atom. The van der Waals surface area contributed by atoms with Crippen LogP contribution < -0.4 is 14.4 Å². The van der Waals surface area contributed by atoms with Crippen molar-refractivity contribution in [2.45, 2.75) is 96.8 Å². The van der Waals surface area contributed by atoms with E-state index in [-0.39, 0.29) is 58.3 Å². The van der Waals surface area contributed by atoms with Gasteiger partial charge in [0.2, 0.25) is 11.8 Å². The highest BCUT2D eigenvalue weighted by Crippen LogP contribution is 2.37. The molecule has 4 bridgehead atoms. The van der Waals surface area contributed by atoms with Crippen LogP contribution in [-0.2, 0) is 21.3 Å². The van der Waals surface area contributed by atoms with Crippen molar-refractivity contribution >= 4 is 27.7 Å². The Labute approximate surface area is 307 Å². The number of nitrogens with one attached hydrogen (secondary N) is 1. The number of nitrogens with zero attached hydrogens (tertiary/aromatic N) is 6. The quantitative estimate of drug-likeness (QED) is 0.222. The second kappa shape index (κ2) is 14.4. The number of benzene rings is 2. The number of sulfonamides is 1. The molecule has 0 saturated carbocycles. The van der Waals surface area contributed by atoms with Gasteiger partial charge in [-0.2, -0.15) is 4.98 Å². The number of aromatic nitrogens is 4. The monoisotopic (exact) mass is 727 g/mol. The van der Waals surface area contributed by atoms with E-state index in [4.69, 9.17) is 14.5 Å². The number of carbonyl (C=O) groups is 1. The molecule has 13 heteroatoms. The number of carbonyl (C=O) groups excluding carboxylic acids is 1. The van der Waals surface area contributed by atoms with E-state index in [1.165, 1.54) is 12.1 Å². The molecule has 12 nitrogen and oxygen atoms in total. The van der Waals surface area contributed by atoms with E-state index < -0.39 is 16.1 Å². The molecule has 1 fully saturated rings. The molecule has 0 aliphatic carbocycles. The predicted octanol–water partition coefficient (Wildman–Crippen LogP) is 6.58. The van der Waals surface area contributed by atoms with E-state index in [9.17, 15) is 13.2 Å². The smallest absolute Gasteiger partial charge is 0.264 e. The fourth-order valence-electron chi connectivity index (χ4n) is 7.42. The van der Waals surface area contributed by atoms with Crippen LogP contribution in [0, 0.1) is 19.3 Å². The van der Waals surface area contributed by atoms with E-state index in [2.05, 4.69) is 59.2 Å². The van der Waals surface area contributed by atoms with Gasteiger partial charge in [0.1, 0.15) is 12.4 Å². The van der Waals surface area contributed by atoms with Crippen LogP contribution >= 0.6 is 0 Å². The molecule has 2 atom stereocenters. The highest BCUT2D eigenvalue weighted by molar-refractivity contribution is 7.92. The number of rotatable bonds is 7. The molecule has 1 N–H and O–H groups in total. The molecule has 2 aromatic carbocycles. The lowest BCUT2D eigenvalue weighted by Gasteiger charge is -2.37. The number of aryl methyl sites for hydroxylation is 2. The van der Waals surface area contributed by atoms with Crippen molar-refractivity contribution < 1.29 is 22.7 Å². The topological polar surface area (TPSA) is 140 Å². The zero-order valence-electron chi connectivity index (χ0n) is 31.3. The molecule has 4 heterocycles. The third-order valence-electron chi connectivity index (χ3n) is 9.75. The molecule has 0 unspecified atom stereocenters. The van der Waals surface area contributed by atoms with Crippen molar-refractivity contribution in [3.05, 3.63) is 83.3 Å². The largest absolute Gasteiger partial charge is 0.475 e. The third-order valence-corrected chi connectivity index (χ3v) is 11.1. The molecule has 0 radical (unpaired) electrons. The fraction of sp³-hybridized carbons (Fsp3) is 0.462. The Kier molecular flexibility index (Phi) is 10.3. The number of hydrogen-bond donors (Lipinski definition) is 1. The third kappa shape index (κ3) is 8.05. The van der Waals surface area contributed by atoms with E-state index in [0.717, 1.165) is 35.3 Å². The van der Waals surface area contributed by atoms with Gasteiger partial charge in [-0.15, -0.1) is 0 Å². The maximum Gasteiger partial charge on any atom is 0.264 e. The van der Waals surface area contributed by atoms with Gasteiger partial charge in [0, 0.05) is 29.8 Å². The normalized spacial score (nSPS) is 20.0. The van der Waals surface area contributed by atoms with Gasteiger partial charge >= 0.3 is 0 Å². The Balaban J connectivity index is 1.46. The molecule has 0 spiro atoms. The number of methoxy groups -OCH3 is 1. The Morgan fingerprint density at radius 3 is 2.44 bits per heavy atom. The van der Waals surface area contributed by atoms with Crippen LogP contribution in [-0.4, -0.2) is 77.1 Å². The standard InChI is InChI=1S/C39H49N7O5S/c1-25-11-9-12-26(2)35(25)32-18-34-43-37(42-32)44-52(48,49)31-14-10-13-27(17-31)36(47)45(30(24-51-34)19-38(3,4)5)22-28-20-40-21-33(41-28)46-29(23-50-8)15-16-39(46,6)7/h9-14,17-18,20-21,29-30H,15-16,19,22-24H2,1-8H3,(H,42,43,44)/t29-,30+/m0/s1.